The van der Waals surface area contributed by atoms with Gasteiger partial charge in [0.05, 0.1) is 0 Å². The molecule has 0 aliphatic carbocycles. The maximum atomic E-state index is 13.5. The number of nitrogens with two attached hydrogens (primary N) is 1. The molecule has 0 saturated carbocycles. The first-order chi connectivity index (χ1) is 8.50. The summed E-state index contributed by atoms with van der Waals surface area (Å²) in [6.45, 7) is 0. The fourth-order valence-corrected chi connectivity index (χ4v) is 1.73. The van der Waals surface area contributed by atoms with E-state index >= 15 is 0 Å². The normalized spacial score (nSPS) is 12.7. The monoisotopic (exact) mass is 255 g/mol. The molecule has 0 saturated heterocycles. The van der Waals surface area contributed by atoms with Crippen LogP contribution in [0.15, 0.2) is 24.5 Å². The maximum Gasteiger partial charge on any atom is 0.194 e. The van der Waals surface area contributed by atoms with Gasteiger partial charge in [-0.25, -0.2) is 18.2 Å². The molecule has 0 radical (unpaired) electrons. The molecule has 0 bridgehead atoms. The van der Waals surface area contributed by atoms with Crippen LogP contribution in [0.4, 0.5) is 13.2 Å². The van der Waals surface area contributed by atoms with Gasteiger partial charge in [0.1, 0.15) is 5.82 Å². The Morgan fingerprint density at radius 1 is 1.28 bits per heavy atom. The molecular weight excluding hydrogens is 243 g/mol. The smallest absolute Gasteiger partial charge is 0.194 e. The van der Waals surface area contributed by atoms with Crippen LogP contribution in [0.3, 0.4) is 0 Å². The van der Waals surface area contributed by atoms with E-state index in [2.05, 4.69) is 4.98 Å². The molecule has 3 nitrogen and oxygen atoms in total. The zero-order valence-electron chi connectivity index (χ0n) is 9.70. The van der Waals surface area contributed by atoms with Crippen molar-refractivity contribution in [3.05, 3.63) is 53.4 Å². The molecular formula is C12H12F3N3. The van der Waals surface area contributed by atoms with Crippen LogP contribution in [0, 0.1) is 17.5 Å². The summed E-state index contributed by atoms with van der Waals surface area (Å²) in [5, 5.41) is 0. The van der Waals surface area contributed by atoms with Gasteiger partial charge in [-0.15, -0.1) is 0 Å². The van der Waals surface area contributed by atoms with Crippen LogP contribution in [0.1, 0.15) is 17.4 Å². The molecule has 0 aliphatic heterocycles. The number of hydrogen-bond donors (Lipinski definition) is 1. The van der Waals surface area contributed by atoms with Gasteiger partial charge in [-0.2, -0.15) is 0 Å². The number of hydrogen-bond acceptors (Lipinski definition) is 2. The molecule has 18 heavy (non-hydrogen) atoms. The Morgan fingerprint density at radius 2 is 2.00 bits per heavy atom. The van der Waals surface area contributed by atoms with E-state index in [9.17, 15) is 13.2 Å². The average Bonchev–Trinajstić information content (AvgIpc) is 2.72. The predicted octanol–water partition coefficient (Wildman–Crippen LogP) is 2.08. The number of nitrogens with zero attached hydrogens (tertiary/aromatic N) is 2. The standard InChI is InChI=1S/C12H12F3N3/c1-18-5-4-17-10(18)6-9(16)7-2-3-8(13)12(15)11(7)14/h2-5,9H,6,16H2,1H3. The number of aryl methyl sites for hydroxylation is 1. The van der Waals surface area contributed by atoms with Gasteiger partial charge < -0.3 is 10.3 Å². The van der Waals surface area contributed by atoms with Crippen LogP contribution in [0.25, 0.3) is 0 Å². The first-order valence-corrected chi connectivity index (χ1v) is 5.36. The van der Waals surface area contributed by atoms with E-state index in [1.54, 1.807) is 24.0 Å². The summed E-state index contributed by atoms with van der Waals surface area (Å²) in [7, 11) is 1.77. The van der Waals surface area contributed by atoms with Gasteiger partial charge in [-0.05, 0) is 6.07 Å². The summed E-state index contributed by atoms with van der Waals surface area (Å²) in [6, 6.07) is 1.24. The van der Waals surface area contributed by atoms with Gasteiger partial charge in [0.25, 0.3) is 0 Å². The molecule has 2 rings (SSSR count). The highest BCUT2D eigenvalue weighted by Crippen LogP contribution is 2.22. The second kappa shape index (κ2) is 4.81. The Kier molecular flexibility index (Phi) is 3.38. The highest BCUT2D eigenvalue weighted by atomic mass is 19.2. The highest BCUT2D eigenvalue weighted by Gasteiger charge is 2.19. The van der Waals surface area contributed by atoms with Crippen molar-refractivity contribution in [2.24, 2.45) is 12.8 Å². The molecule has 2 N–H and O–H groups in total. The Hall–Kier alpha value is -1.82. The topological polar surface area (TPSA) is 43.8 Å². The zero-order valence-corrected chi connectivity index (χ0v) is 9.70. The van der Waals surface area contributed by atoms with Gasteiger partial charge >= 0.3 is 0 Å². The van der Waals surface area contributed by atoms with Crippen LogP contribution < -0.4 is 5.73 Å². The number of halogens is 3. The lowest BCUT2D eigenvalue weighted by Crippen LogP contribution is -2.18. The second-order valence-corrected chi connectivity index (χ2v) is 4.03. The number of benzene rings is 1. The molecule has 0 fully saturated rings. The van der Waals surface area contributed by atoms with Gasteiger partial charge in [0.15, 0.2) is 17.5 Å². The van der Waals surface area contributed by atoms with E-state index in [1.807, 2.05) is 0 Å². The van der Waals surface area contributed by atoms with E-state index in [0.29, 0.717) is 5.82 Å². The molecule has 1 aromatic carbocycles. The lowest BCUT2D eigenvalue weighted by molar-refractivity contribution is 0.434. The summed E-state index contributed by atoms with van der Waals surface area (Å²) in [4.78, 5) is 4.04. The molecule has 0 spiro atoms. The molecule has 0 aliphatic rings. The van der Waals surface area contributed by atoms with Gasteiger partial charge in [0, 0.05) is 37.5 Å². The van der Waals surface area contributed by atoms with Crippen LogP contribution >= 0.6 is 0 Å². The molecule has 96 valence electrons. The van der Waals surface area contributed by atoms with Gasteiger partial charge in [0.2, 0.25) is 0 Å². The summed E-state index contributed by atoms with van der Waals surface area (Å²) < 4.78 is 41.1. The molecule has 6 heteroatoms. The minimum Gasteiger partial charge on any atom is -0.338 e. The molecule has 1 unspecified atom stereocenters. The molecule has 0 amide bonds. The second-order valence-electron chi connectivity index (χ2n) is 4.03. The minimum atomic E-state index is -1.50. The van der Waals surface area contributed by atoms with Crippen molar-refractivity contribution in [3.8, 4) is 0 Å². The largest absolute Gasteiger partial charge is 0.338 e. The Labute approximate surface area is 102 Å². The number of rotatable bonds is 3. The summed E-state index contributed by atoms with van der Waals surface area (Å²) in [6.07, 6.45) is 3.55. The van der Waals surface area contributed by atoms with Crippen LogP contribution in [0.5, 0.6) is 0 Å². The molecule has 1 aromatic heterocycles. The fraction of sp³-hybridized carbons (Fsp3) is 0.250. The van der Waals surface area contributed by atoms with Gasteiger partial charge in [-0.3, -0.25) is 0 Å². The van der Waals surface area contributed by atoms with Crippen molar-refractivity contribution in [2.75, 3.05) is 0 Å². The third-order valence-electron chi connectivity index (χ3n) is 2.79. The lowest BCUT2D eigenvalue weighted by atomic mass is 10.0. The lowest BCUT2D eigenvalue weighted by Gasteiger charge is -2.13. The quantitative estimate of drug-likeness (QED) is 0.853. The number of aromatic nitrogens is 2. The maximum absolute atomic E-state index is 13.5. The van der Waals surface area contributed by atoms with Gasteiger partial charge in [-0.1, -0.05) is 6.07 Å². The van der Waals surface area contributed by atoms with E-state index in [1.165, 1.54) is 0 Å². The first kappa shape index (κ1) is 12.6. The van der Waals surface area contributed by atoms with E-state index in [-0.39, 0.29) is 12.0 Å². The predicted molar refractivity (Wildman–Crippen MR) is 60.2 cm³/mol. The van der Waals surface area contributed by atoms with Crippen molar-refractivity contribution in [1.82, 2.24) is 9.55 Å². The Balaban J connectivity index is 2.27. The summed E-state index contributed by atoms with van der Waals surface area (Å²) in [5.41, 5.74) is 5.73. The molecule has 2 aromatic rings. The first-order valence-electron chi connectivity index (χ1n) is 5.36. The average molecular weight is 255 g/mol. The van der Waals surface area contributed by atoms with Crippen molar-refractivity contribution < 1.29 is 13.2 Å². The third-order valence-corrected chi connectivity index (χ3v) is 2.79. The molecule has 1 heterocycles. The summed E-state index contributed by atoms with van der Waals surface area (Å²) in [5.74, 6) is -3.31. The highest BCUT2D eigenvalue weighted by molar-refractivity contribution is 5.24. The molecule has 1 atom stereocenters. The Bertz CT molecular complexity index is 566. The van der Waals surface area contributed by atoms with E-state index in [0.717, 1.165) is 12.1 Å². The Morgan fingerprint density at radius 3 is 2.61 bits per heavy atom. The number of imidazole rings is 1. The van der Waals surface area contributed by atoms with Crippen molar-refractivity contribution in [1.29, 1.82) is 0 Å². The van der Waals surface area contributed by atoms with Crippen LogP contribution in [0.2, 0.25) is 0 Å². The third kappa shape index (κ3) is 2.24. The van der Waals surface area contributed by atoms with Crippen molar-refractivity contribution in [3.63, 3.8) is 0 Å². The zero-order chi connectivity index (χ0) is 13.3. The fourth-order valence-electron chi connectivity index (χ4n) is 1.73. The summed E-state index contributed by atoms with van der Waals surface area (Å²) >= 11 is 0. The van der Waals surface area contributed by atoms with Crippen LogP contribution in [-0.4, -0.2) is 9.55 Å². The van der Waals surface area contributed by atoms with E-state index in [4.69, 9.17) is 5.73 Å². The van der Waals surface area contributed by atoms with Crippen LogP contribution in [-0.2, 0) is 13.5 Å². The van der Waals surface area contributed by atoms with Crippen molar-refractivity contribution in [2.45, 2.75) is 12.5 Å². The minimum absolute atomic E-state index is 0.0584. The SMILES string of the molecule is Cn1ccnc1CC(N)c1ccc(F)c(F)c1F. The van der Waals surface area contributed by atoms with Crippen molar-refractivity contribution >= 4 is 0 Å². The van der Waals surface area contributed by atoms with E-state index < -0.39 is 23.5 Å².